The Kier molecular flexibility index (Phi) is 6.58. The largest absolute Gasteiger partial charge is 0.573 e. The van der Waals surface area contributed by atoms with E-state index in [9.17, 15) is 18.0 Å². The lowest BCUT2D eigenvalue weighted by Gasteiger charge is -2.21. The van der Waals surface area contributed by atoms with Crippen LogP contribution in [-0.2, 0) is 11.3 Å². The van der Waals surface area contributed by atoms with E-state index >= 15 is 0 Å². The number of alkyl halides is 3. The number of carbonyl (C=O) groups excluding carboxylic acids is 1. The zero-order chi connectivity index (χ0) is 23.4. The molecule has 3 aromatic rings. The van der Waals surface area contributed by atoms with E-state index in [1.54, 1.807) is 4.90 Å². The van der Waals surface area contributed by atoms with Crippen molar-refractivity contribution in [3.63, 3.8) is 0 Å². The second-order valence-electron chi connectivity index (χ2n) is 6.80. The lowest BCUT2D eigenvalue weighted by atomic mass is 10.2. The molecular formula is C20H18F3N5O4S. The molecule has 0 aliphatic carbocycles. The molecule has 0 bridgehead atoms. The normalized spacial score (nSPS) is 12.6. The molecule has 1 aromatic heterocycles. The van der Waals surface area contributed by atoms with E-state index in [1.165, 1.54) is 16.8 Å². The zero-order valence-electron chi connectivity index (χ0n) is 17.3. The van der Waals surface area contributed by atoms with Crippen molar-refractivity contribution in [3.05, 3.63) is 48.0 Å². The van der Waals surface area contributed by atoms with Gasteiger partial charge in [-0.2, -0.15) is 4.68 Å². The van der Waals surface area contributed by atoms with E-state index in [-0.39, 0.29) is 24.2 Å². The summed E-state index contributed by atoms with van der Waals surface area (Å²) in [5.41, 5.74) is 1.34. The van der Waals surface area contributed by atoms with Gasteiger partial charge in [0.05, 0.1) is 11.4 Å². The summed E-state index contributed by atoms with van der Waals surface area (Å²) < 4.78 is 52.9. The minimum absolute atomic E-state index is 0.0774. The van der Waals surface area contributed by atoms with Gasteiger partial charge in [-0.1, -0.05) is 17.8 Å². The number of amides is 1. The number of hydrogen-bond acceptors (Lipinski definition) is 8. The number of tetrazole rings is 1. The average Bonchev–Trinajstić information content (AvgIpc) is 3.44. The van der Waals surface area contributed by atoms with Crippen molar-refractivity contribution in [3.8, 4) is 22.9 Å². The standard InChI is InChI=1S/C20H18F3N5O4S/c1-2-27(10-13-3-8-16-17(9-13)31-12-30-16)18(29)11-33-19-24-25-26-28(19)14-4-6-15(7-5-14)32-20(21,22)23/h3-9H,2,10-12H2,1H3. The summed E-state index contributed by atoms with van der Waals surface area (Å²) in [4.78, 5) is 14.5. The molecule has 1 aliphatic heterocycles. The number of ether oxygens (including phenoxy) is 3. The molecule has 13 heteroatoms. The van der Waals surface area contributed by atoms with E-state index in [2.05, 4.69) is 20.3 Å². The first-order valence-corrected chi connectivity index (χ1v) is 10.7. The fourth-order valence-corrected chi connectivity index (χ4v) is 3.87. The van der Waals surface area contributed by atoms with Crippen molar-refractivity contribution < 1.29 is 32.2 Å². The first kappa shape index (κ1) is 22.7. The first-order chi connectivity index (χ1) is 15.8. The number of thioether (sulfide) groups is 1. The number of hydrogen-bond donors (Lipinski definition) is 0. The molecule has 0 atom stereocenters. The molecule has 174 valence electrons. The van der Waals surface area contributed by atoms with Crippen LogP contribution in [-0.4, -0.2) is 56.5 Å². The van der Waals surface area contributed by atoms with Crippen molar-refractivity contribution in [1.82, 2.24) is 25.1 Å². The van der Waals surface area contributed by atoms with Crippen LogP contribution in [0.4, 0.5) is 13.2 Å². The van der Waals surface area contributed by atoms with Crippen molar-refractivity contribution in [2.24, 2.45) is 0 Å². The molecule has 0 saturated carbocycles. The molecule has 0 unspecified atom stereocenters. The van der Waals surface area contributed by atoms with Crippen molar-refractivity contribution >= 4 is 17.7 Å². The maximum Gasteiger partial charge on any atom is 0.573 e. The van der Waals surface area contributed by atoms with Crippen LogP contribution in [0, 0.1) is 0 Å². The first-order valence-electron chi connectivity index (χ1n) is 9.76. The van der Waals surface area contributed by atoms with Gasteiger partial charge < -0.3 is 19.1 Å². The number of nitrogens with zero attached hydrogens (tertiary/aromatic N) is 5. The molecule has 0 N–H and O–H groups in total. The Bertz CT molecular complexity index is 1120. The molecule has 1 amide bonds. The molecule has 2 aromatic carbocycles. The van der Waals surface area contributed by atoms with Crippen LogP contribution < -0.4 is 14.2 Å². The van der Waals surface area contributed by atoms with Crippen LogP contribution >= 0.6 is 11.8 Å². The molecule has 0 radical (unpaired) electrons. The van der Waals surface area contributed by atoms with Gasteiger partial charge in [-0.3, -0.25) is 4.79 Å². The summed E-state index contributed by atoms with van der Waals surface area (Å²) in [6.07, 6.45) is -4.77. The van der Waals surface area contributed by atoms with Crippen LogP contribution in [0.2, 0.25) is 0 Å². The van der Waals surface area contributed by atoms with Gasteiger partial charge in [0, 0.05) is 13.1 Å². The third kappa shape index (κ3) is 5.66. The van der Waals surface area contributed by atoms with Gasteiger partial charge in [-0.15, -0.1) is 18.3 Å². The predicted octanol–water partition coefficient (Wildman–Crippen LogP) is 3.43. The fraction of sp³-hybridized carbons (Fsp3) is 0.300. The number of fused-ring (bicyclic) bond motifs is 1. The minimum atomic E-state index is -4.77. The second kappa shape index (κ2) is 9.57. The summed E-state index contributed by atoms with van der Waals surface area (Å²) in [6.45, 7) is 2.96. The highest BCUT2D eigenvalue weighted by atomic mass is 32.2. The van der Waals surface area contributed by atoms with Crippen LogP contribution in [0.15, 0.2) is 47.6 Å². The molecule has 2 heterocycles. The molecule has 9 nitrogen and oxygen atoms in total. The van der Waals surface area contributed by atoms with E-state index < -0.39 is 6.36 Å². The van der Waals surface area contributed by atoms with Gasteiger partial charge in [-0.25, -0.2) is 0 Å². The summed E-state index contributed by atoms with van der Waals surface area (Å²) in [5, 5.41) is 11.7. The summed E-state index contributed by atoms with van der Waals surface area (Å²) in [6, 6.07) is 10.6. The highest BCUT2D eigenvalue weighted by molar-refractivity contribution is 7.99. The van der Waals surface area contributed by atoms with E-state index in [0.717, 1.165) is 29.5 Å². The number of halogens is 3. The molecule has 0 spiro atoms. The number of aromatic nitrogens is 4. The third-order valence-corrected chi connectivity index (χ3v) is 5.53. The summed E-state index contributed by atoms with van der Waals surface area (Å²) in [7, 11) is 0. The third-order valence-electron chi connectivity index (χ3n) is 4.63. The molecule has 0 saturated heterocycles. The Morgan fingerprint density at radius 1 is 1.18 bits per heavy atom. The fourth-order valence-electron chi connectivity index (χ4n) is 3.07. The summed E-state index contributed by atoms with van der Waals surface area (Å²) >= 11 is 1.12. The van der Waals surface area contributed by atoms with Crippen LogP contribution in [0.25, 0.3) is 5.69 Å². The summed E-state index contributed by atoms with van der Waals surface area (Å²) in [5.74, 6) is 0.924. The molecular weight excluding hydrogens is 463 g/mol. The van der Waals surface area contributed by atoms with Gasteiger partial charge in [0.25, 0.3) is 0 Å². The second-order valence-corrected chi connectivity index (χ2v) is 7.74. The number of benzene rings is 2. The number of carbonyl (C=O) groups is 1. The molecule has 1 aliphatic rings. The van der Waals surface area contributed by atoms with Gasteiger partial charge in [-0.05, 0) is 59.3 Å². The van der Waals surface area contributed by atoms with Gasteiger partial charge in [0.1, 0.15) is 5.75 Å². The van der Waals surface area contributed by atoms with Crippen LogP contribution in [0.5, 0.6) is 17.2 Å². The Hall–Kier alpha value is -3.48. The Morgan fingerprint density at radius 2 is 1.94 bits per heavy atom. The molecule has 33 heavy (non-hydrogen) atoms. The maximum absolute atomic E-state index is 12.8. The van der Waals surface area contributed by atoms with Gasteiger partial charge in [0.15, 0.2) is 11.5 Å². The maximum atomic E-state index is 12.8. The highest BCUT2D eigenvalue weighted by Gasteiger charge is 2.31. The Balaban J connectivity index is 1.38. The van der Waals surface area contributed by atoms with E-state index in [0.29, 0.717) is 35.4 Å². The van der Waals surface area contributed by atoms with E-state index in [1.807, 2.05) is 25.1 Å². The molecule has 4 rings (SSSR count). The van der Waals surface area contributed by atoms with Crippen LogP contribution in [0.1, 0.15) is 12.5 Å². The lowest BCUT2D eigenvalue weighted by Crippen LogP contribution is -2.31. The van der Waals surface area contributed by atoms with Gasteiger partial charge >= 0.3 is 6.36 Å². The van der Waals surface area contributed by atoms with Crippen molar-refractivity contribution in [2.75, 3.05) is 19.1 Å². The topological polar surface area (TPSA) is 91.6 Å². The Morgan fingerprint density at radius 3 is 2.67 bits per heavy atom. The lowest BCUT2D eigenvalue weighted by molar-refractivity contribution is -0.274. The SMILES string of the molecule is CCN(Cc1ccc2c(c1)OCO2)C(=O)CSc1nnnn1-c1ccc(OC(F)(F)F)cc1. The highest BCUT2D eigenvalue weighted by Crippen LogP contribution is 2.33. The van der Waals surface area contributed by atoms with Crippen molar-refractivity contribution in [2.45, 2.75) is 25.0 Å². The minimum Gasteiger partial charge on any atom is -0.454 e. The molecule has 0 fully saturated rings. The van der Waals surface area contributed by atoms with Crippen molar-refractivity contribution in [1.29, 1.82) is 0 Å². The quantitative estimate of drug-likeness (QED) is 0.452. The average molecular weight is 481 g/mol. The smallest absolute Gasteiger partial charge is 0.454 e. The predicted molar refractivity (Wildman–Crippen MR) is 110 cm³/mol. The van der Waals surface area contributed by atoms with E-state index in [4.69, 9.17) is 9.47 Å². The zero-order valence-corrected chi connectivity index (χ0v) is 18.1. The van der Waals surface area contributed by atoms with Crippen LogP contribution in [0.3, 0.4) is 0 Å². The monoisotopic (exact) mass is 481 g/mol. The number of rotatable bonds is 8. The Labute approximate surface area is 190 Å². The van der Waals surface area contributed by atoms with Gasteiger partial charge in [0.2, 0.25) is 17.9 Å².